The first-order valence-electron chi connectivity index (χ1n) is 12.6. The van der Waals surface area contributed by atoms with Crippen molar-refractivity contribution in [3.05, 3.63) is 65.0 Å². The van der Waals surface area contributed by atoms with Crippen LogP contribution in [0.25, 0.3) is 0 Å². The summed E-state index contributed by atoms with van der Waals surface area (Å²) in [6.07, 6.45) is -3.47. The molecule has 1 N–H and O–H groups in total. The van der Waals surface area contributed by atoms with Crippen LogP contribution in [0.2, 0.25) is 0 Å². The molecular weight excluding hydrogens is 520 g/mol. The molecule has 0 unspecified atom stereocenters. The maximum atomic E-state index is 13.6. The number of hydrogen-bond donors (Lipinski definition) is 1. The number of carbonyl (C=O) groups excluding carboxylic acids is 3. The van der Waals surface area contributed by atoms with Gasteiger partial charge in [0.05, 0.1) is 0 Å². The molecule has 12 heteroatoms. The molecule has 1 saturated heterocycles. The molecule has 1 fully saturated rings. The van der Waals surface area contributed by atoms with Crippen LogP contribution in [-0.2, 0) is 32.9 Å². The summed E-state index contributed by atoms with van der Waals surface area (Å²) in [5, 5.41) is 3.25. The van der Waals surface area contributed by atoms with Crippen molar-refractivity contribution in [1.82, 2.24) is 9.80 Å². The first-order valence-corrected chi connectivity index (χ1v) is 12.6. The number of aliphatic imine (C=N–C) groups is 1. The van der Waals surface area contributed by atoms with Gasteiger partial charge in [0.2, 0.25) is 11.5 Å². The predicted octanol–water partition coefficient (Wildman–Crippen LogP) is 4.53. The molecule has 206 valence electrons. The average molecular weight is 547 g/mol. The molecule has 0 saturated carbocycles. The van der Waals surface area contributed by atoms with Gasteiger partial charge in [0.25, 0.3) is 5.91 Å². The zero-order valence-electron chi connectivity index (χ0n) is 21.1. The van der Waals surface area contributed by atoms with E-state index < -0.39 is 54.6 Å². The zero-order valence-corrected chi connectivity index (χ0v) is 21.1. The Morgan fingerprint density at radius 1 is 1.18 bits per heavy atom. The van der Waals surface area contributed by atoms with Gasteiger partial charge in [-0.25, -0.2) is 14.1 Å². The number of aryl methyl sites for hydroxylation is 1. The van der Waals surface area contributed by atoms with Crippen LogP contribution in [0.3, 0.4) is 0 Å². The van der Waals surface area contributed by atoms with Crippen LogP contribution >= 0.6 is 0 Å². The third kappa shape index (κ3) is 5.07. The summed E-state index contributed by atoms with van der Waals surface area (Å²) in [4.78, 5) is 44.9. The molecule has 2 heterocycles. The average Bonchev–Trinajstić information content (AvgIpc) is 3.59. The summed E-state index contributed by atoms with van der Waals surface area (Å²) in [6, 6.07) is 7.74. The number of amidine groups is 1. The SMILES string of the molecule is C[C@H](N(Cc1ccc(F)cc1)C(=O)CN1C(=O)O[C@@]2(CCc3cc(NC4=NCCC4)ccc32)C1=O)C(F)(F)F. The summed E-state index contributed by atoms with van der Waals surface area (Å²) < 4.78 is 59.7. The van der Waals surface area contributed by atoms with E-state index in [4.69, 9.17) is 4.74 Å². The van der Waals surface area contributed by atoms with E-state index in [0.717, 1.165) is 55.5 Å². The highest BCUT2D eigenvalue weighted by atomic mass is 19.4. The Morgan fingerprint density at radius 3 is 2.59 bits per heavy atom. The van der Waals surface area contributed by atoms with Crippen LogP contribution < -0.4 is 5.32 Å². The summed E-state index contributed by atoms with van der Waals surface area (Å²) in [5.41, 5.74) is 0.685. The van der Waals surface area contributed by atoms with Crippen molar-refractivity contribution in [3.63, 3.8) is 0 Å². The van der Waals surface area contributed by atoms with E-state index in [1.165, 1.54) is 12.1 Å². The molecule has 0 bridgehead atoms. The molecule has 1 spiro atoms. The number of nitrogens with one attached hydrogen (secondary N) is 1. The molecule has 3 aliphatic rings. The van der Waals surface area contributed by atoms with Crippen molar-refractivity contribution >= 4 is 29.4 Å². The fraction of sp³-hybridized carbons (Fsp3) is 0.407. The molecule has 2 aromatic carbocycles. The smallest absolute Gasteiger partial charge is 0.418 e. The second kappa shape index (κ2) is 9.97. The van der Waals surface area contributed by atoms with Crippen molar-refractivity contribution in [2.45, 2.75) is 57.0 Å². The van der Waals surface area contributed by atoms with Crippen LogP contribution in [0.5, 0.6) is 0 Å². The maximum absolute atomic E-state index is 13.6. The number of hydrogen-bond acceptors (Lipinski definition) is 6. The fourth-order valence-corrected chi connectivity index (χ4v) is 5.17. The lowest BCUT2D eigenvalue weighted by molar-refractivity contribution is -0.187. The van der Waals surface area contributed by atoms with Gasteiger partial charge in [0.1, 0.15) is 24.2 Å². The van der Waals surface area contributed by atoms with Crippen LogP contribution in [0.15, 0.2) is 47.5 Å². The van der Waals surface area contributed by atoms with Gasteiger partial charge < -0.3 is 15.0 Å². The minimum absolute atomic E-state index is 0.153. The second-order valence-electron chi connectivity index (χ2n) is 9.88. The highest BCUT2D eigenvalue weighted by molar-refractivity contribution is 6.06. The molecule has 2 atom stereocenters. The lowest BCUT2D eigenvalue weighted by Gasteiger charge is -2.31. The first-order chi connectivity index (χ1) is 18.5. The number of nitrogens with zero attached hydrogens (tertiary/aromatic N) is 3. The largest absolute Gasteiger partial charge is 0.427 e. The van der Waals surface area contributed by atoms with Gasteiger partial charge in [-0.15, -0.1) is 0 Å². The van der Waals surface area contributed by atoms with Gasteiger partial charge in [0.15, 0.2) is 0 Å². The summed E-state index contributed by atoms with van der Waals surface area (Å²) in [6.45, 7) is 0.156. The number of halogens is 4. The minimum Gasteiger partial charge on any atom is -0.427 e. The van der Waals surface area contributed by atoms with Crippen LogP contribution in [0, 0.1) is 5.82 Å². The number of anilines is 1. The Labute approximate surface area is 221 Å². The van der Waals surface area contributed by atoms with Gasteiger partial charge in [-0.3, -0.25) is 14.6 Å². The number of alkyl halides is 3. The van der Waals surface area contributed by atoms with Gasteiger partial charge in [-0.2, -0.15) is 13.2 Å². The topological polar surface area (TPSA) is 91.3 Å². The van der Waals surface area contributed by atoms with Crippen LogP contribution in [0.1, 0.15) is 42.9 Å². The fourth-order valence-electron chi connectivity index (χ4n) is 5.17. The van der Waals surface area contributed by atoms with Gasteiger partial charge in [-0.1, -0.05) is 18.2 Å². The Bertz CT molecular complexity index is 1340. The van der Waals surface area contributed by atoms with Gasteiger partial charge in [0, 0.05) is 37.2 Å². The third-order valence-corrected chi connectivity index (χ3v) is 7.34. The lowest BCUT2D eigenvalue weighted by atomic mass is 9.94. The Hall–Kier alpha value is -3.96. The minimum atomic E-state index is -4.77. The summed E-state index contributed by atoms with van der Waals surface area (Å²) in [7, 11) is 0. The monoisotopic (exact) mass is 546 g/mol. The highest BCUT2D eigenvalue weighted by Crippen LogP contribution is 2.46. The molecule has 0 radical (unpaired) electrons. The number of benzene rings is 2. The van der Waals surface area contributed by atoms with E-state index in [-0.39, 0.29) is 12.0 Å². The molecule has 2 aliphatic heterocycles. The molecule has 39 heavy (non-hydrogen) atoms. The summed E-state index contributed by atoms with van der Waals surface area (Å²) >= 11 is 0. The molecule has 1 aliphatic carbocycles. The third-order valence-electron chi connectivity index (χ3n) is 7.34. The van der Waals surface area contributed by atoms with Crippen LogP contribution in [-0.4, -0.2) is 58.9 Å². The maximum Gasteiger partial charge on any atom is 0.418 e. The normalized spacial score (nSPS) is 21.2. The number of carbonyl (C=O) groups is 3. The van der Waals surface area contributed by atoms with E-state index >= 15 is 0 Å². The van der Waals surface area contributed by atoms with E-state index in [2.05, 4.69) is 10.3 Å². The predicted molar refractivity (Wildman–Crippen MR) is 132 cm³/mol. The molecule has 3 amide bonds. The van der Waals surface area contributed by atoms with Crippen molar-refractivity contribution < 1.29 is 36.7 Å². The first kappa shape index (κ1) is 26.6. The van der Waals surface area contributed by atoms with E-state index in [0.29, 0.717) is 21.8 Å². The van der Waals surface area contributed by atoms with Crippen molar-refractivity contribution in [3.8, 4) is 0 Å². The van der Waals surface area contributed by atoms with Gasteiger partial charge >= 0.3 is 12.3 Å². The molecule has 0 aromatic heterocycles. The molecule has 2 aromatic rings. The molecular formula is C27H26F4N4O4. The van der Waals surface area contributed by atoms with Crippen molar-refractivity contribution in [2.24, 2.45) is 4.99 Å². The number of amides is 3. The summed E-state index contributed by atoms with van der Waals surface area (Å²) in [5.74, 6) is -1.60. The van der Waals surface area contributed by atoms with E-state index in [9.17, 15) is 31.9 Å². The Morgan fingerprint density at radius 2 is 1.92 bits per heavy atom. The van der Waals surface area contributed by atoms with Gasteiger partial charge in [-0.05, 0) is 55.2 Å². The lowest BCUT2D eigenvalue weighted by Crippen LogP contribution is -2.51. The molecule has 5 rings (SSSR count). The Balaban J connectivity index is 1.35. The number of ether oxygens (including phenoxy) is 1. The zero-order chi connectivity index (χ0) is 27.9. The second-order valence-corrected chi connectivity index (χ2v) is 9.88. The molecule has 8 nitrogen and oxygen atoms in total. The van der Waals surface area contributed by atoms with E-state index in [1.807, 2.05) is 6.07 Å². The number of fused-ring (bicyclic) bond motifs is 2. The highest BCUT2D eigenvalue weighted by Gasteiger charge is 2.58. The van der Waals surface area contributed by atoms with Crippen LogP contribution in [0.4, 0.5) is 28.0 Å². The van der Waals surface area contributed by atoms with Crippen molar-refractivity contribution in [2.75, 3.05) is 18.4 Å². The Kier molecular flexibility index (Phi) is 6.81. The van der Waals surface area contributed by atoms with E-state index in [1.54, 1.807) is 12.1 Å². The standard InChI is InChI=1S/C27H26F4N4O4/c1-16(27(29,30)31)34(14-17-4-6-19(28)7-5-17)23(36)15-35-24(37)26(39-25(35)38)11-10-18-13-20(8-9-21(18)26)33-22-3-2-12-32-22/h4-9,13,16H,2-3,10-12,14-15H2,1H3,(H,32,33)/t16-,26+/m0/s1. The van der Waals surface area contributed by atoms with Crippen molar-refractivity contribution in [1.29, 1.82) is 0 Å². The number of imide groups is 1. The number of rotatable bonds is 6. The quantitative estimate of drug-likeness (QED) is 0.538.